The van der Waals surface area contributed by atoms with Gasteiger partial charge < -0.3 is 19.7 Å². The van der Waals surface area contributed by atoms with Crippen molar-refractivity contribution in [2.24, 2.45) is 5.41 Å². The highest BCUT2D eigenvalue weighted by molar-refractivity contribution is 7.18. The van der Waals surface area contributed by atoms with Gasteiger partial charge in [-0.1, -0.05) is 36.8 Å². The molecule has 3 fully saturated rings. The molecule has 1 spiro atoms. The summed E-state index contributed by atoms with van der Waals surface area (Å²) in [5.74, 6) is 0.0583. The number of nitrogens with zero attached hydrogens (tertiary/aromatic N) is 1. The molecule has 0 radical (unpaired) electrons. The fraction of sp³-hybridized carbons (Fsp3) is 0.542. The van der Waals surface area contributed by atoms with Crippen molar-refractivity contribution in [2.75, 3.05) is 37.8 Å². The molecule has 5 rings (SSSR count). The number of amides is 1. The van der Waals surface area contributed by atoms with Crippen LogP contribution in [0.5, 0.6) is 0 Å². The second-order valence-corrected chi connectivity index (χ2v) is 9.62. The van der Waals surface area contributed by atoms with Gasteiger partial charge in [-0.2, -0.15) is 0 Å². The Hall–Kier alpha value is -1.89. The van der Waals surface area contributed by atoms with Crippen molar-refractivity contribution in [1.29, 1.82) is 0 Å². The number of morpholine rings is 1. The number of thiophene rings is 1. The maximum Gasteiger partial charge on any atom is 0.261 e. The van der Waals surface area contributed by atoms with Gasteiger partial charge >= 0.3 is 0 Å². The minimum Gasteiger partial charge on any atom is -0.378 e. The Balaban J connectivity index is 1.38. The Kier molecular flexibility index (Phi) is 5.56. The fourth-order valence-corrected chi connectivity index (χ4v) is 6.32. The van der Waals surface area contributed by atoms with E-state index in [2.05, 4.69) is 47.5 Å². The van der Waals surface area contributed by atoms with Crippen LogP contribution in [0.15, 0.2) is 36.4 Å². The van der Waals surface area contributed by atoms with E-state index >= 15 is 0 Å². The zero-order valence-electron chi connectivity index (χ0n) is 17.6. The smallest absolute Gasteiger partial charge is 0.261 e. The summed E-state index contributed by atoms with van der Waals surface area (Å²) in [5, 5.41) is 4.53. The number of carbonyl (C=O) groups excluding carboxylic acids is 1. The van der Waals surface area contributed by atoms with Crippen molar-refractivity contribution in [1.82, 2.24) is 5.32 Å². The summed E-state index contributed by atoms with van der Waals surface area (Å²) < 4.78 is 11.5. The maximum absolute atomic E-state index is 13.2. The molecule has 6 heteroatoms. The molecular weight excluding hydrogens is 396 g/mol. The third-order valence-corrected chi connectivity index (χ3v) is 8.26. The van der Waals surface area contributed by atoms with Gasteiger partial charge in [0, 0.05) is 36.7 Å². The van der Waals surface area contributed by atoms with Gasteiger partial charge in [0.05, 0.1) is 29.2 Å². The molecule has 1 aromatic carbocycles. The van der Waals surface area contributed by atoms with Crippen LogP contribution in [0.2, 0.25) is 0 Å². The molecule has 1 saturated heterocycles. The number of hydrogen-bond acceptors (Lipinski definition) is 5. The fourth-order valence-electron chi connectivity index (χ4n) is 5.19. The molecule has 1 aromatic heterocycles. The topological polar surface area (TPSA) is 50.8 Å². The van der Waals surface area contributed by atoms with Crippen LogP contribution < -0.4 is 10.2 Å². The zero-order chi connectivity index (χ0) is 20.6. The van der Waals surface area contributed by atoms with Crippen LogP contribution in [0.1, 0.15) is 42.3 Å². The molecule has 5 nitrogen and oxygen atoms in total. The van der Waals surface area contributed by atoms with Crippen LogP contribution >= 0.6 is 11.3 Å². The molecule has 2 aliphatic carbocycles. The molecule has 1 aliphatic heterocycles. The van der Waals surface area contributed by atoms with Crippen LogP contribution in [0.3, 0.4) is 0 Å². The quantitative estimate of drug-likeness (QED) is 0.747. The standard InChI is InChI=1S/C24H30N2O3S/c1-2-29-21-16-20(24(21)9-6-10-24)25-22(27)19-15-18(17-7-4-3-5-8-17)23(30-19)26-11-13-28-14-12-26/h3-5,7-8,15,20-21H,2,6,9-14,16H2,1H3,(H,25,27). The first-order chi connectivity index (χ1) is 14.7. The highest BCUT2D eigenvalue weighted by Gasteiger charge is 2.59. The third-order valence-electron chi connectivity index (χ3n) is 7.06. The first-order valence-electron chi connectivity index (χ1n) is 11.2. The summed E-state index contributed by atoms with van der Waals surface area (Å²) in [6.07, 6.45) is 4.83. The lowest BCUT2D eigenvalue weighted by Crippen LogP contribution is -2.67. The lowest BCUT2D eigenvalue weighted by molar-refractivity contribution is -0.169. The minimum atomic E-state index is 0.0583. The largest absolute Gasteiger partial charge is 0.378 e. The molecule has 2 heterocycles. The van der Waals surface area contributed by atoms with Gasteiger partial charge in [-0.3, -0.25) is 4.79 Å². The van der Waals surface area contributed by atoms with E-state index in [-0.39, 0.29) is 17.4 Å². The SMILES string of the molecule is CCOC1CC(NC(=O)c2cc(-c3ccccc3)c(N3CCOCC3)s2)C12CCC2. The lowest BCUT2D eigenvalue weighted by atomic mass is 9.51. The number of nitrogens with one attached hydrogen (secondary N) is 1. The summed E-state index contributed by atoms with van der Waals surface area (Å²) in [4.78, 5) is 16.4. The van der Waals surface area contributed by atoms with Crippen LogP contribution in [0.4, 0.5) is 5.00 Å². The molecule has 2 atom stereocenters. The molecule has 2 saturated carbocycles. The average Bonchev–Trinajstić information content (AvgIpc) is 3.18. The van der Waals surface area contributed by atoms with Gasteiger partial charge in [0.2, 0.25) is 0 Å². The van der Waals surface area contributed by atoms with Crippen molar-refractivity contribution < 1.29 is 14.3 Å². The second-order valence-electron chi connectivity index (χ2n) is 8.59. The van der Waals surface area contributed by atoms with Crippen LogP contribution in [0, 0.1) is 5.41 Å². The van der Waals surface area contributed by atoms with Crippen LogP contribution in [-0.4, -0.2) is 51.0 Å². The van der Waals surface area contributed by atoms with Crippen LogP contribution in [-0.2, 0) is 9.47 Å². The minimum absolute atomic E-state index is 0.0583. The summed E-state index contributed by atoms with van der Waals surface area (Å²) in [6, 6.07) is 12.7. The van der Waals surface area contributed by atoms with E-state index in [4.69, 9.17) is 9.47 Å². The van der Waals surface area contributed by atoms with Crippen molar-refractivity contribution >= 4 is 22.2 Å². The highest BCUT2D eigenvalue weighted by atomic mass is 32.1. The lowest BCUT2D eigenvalue weighted by Gasteiger charge is -2.60. The molecular formula is C24H30N2O3S. The van der Waals surface area contributed by atoms with Crippen LogP contribution in [0.25, 0.3) is 11.1 Å². The molecule has 1 amide bonds. The Bertz CT molecular complexity index is 887. The van der Waals surface area contributed by atoms with Gasteiger partial charge in [0.15, 0.2) is 0 Å². The van der Waals surface area contributed by atoms with E-state index in [0.717, 1.165) is 55.3 Å². The molecule has 2 unspecified atom stereocenters. The van der Waals surface area contributed by atoms with Crippen molar-refractivity contribution in [2.45, 2.75) is 44.8 Å². The van der Waals surface area contributed by atoms with E-state index < -0.39 is 0 Å². The summed E-state index contributed by atoms with van der Waals surface area (Å²) >= 11 is 1.61. The van der Waals surface area contributed by atoms with E-state index in [1.165, 1.54) is 24.3 Å². The second kappa shape index (κ2) is 8.33. The number of carbonyl (C=O) groups is 1. The molecule has 160 valence electrons. The Morgan fingerprint density at radius 1 is 1.27 bits per heavy atom. The normalized spacial score (nSPS) is 24.9. The summed E-state index contributed by atoms with van der Waals surface area (Å²) in [7, 11) is 0. The summed E-state index contributed by atoms with van der Waals surface area (Å²) in [5.41, 5.74) is 2.48. The predicted octanol–water partition coefficient (Wildman–Crippen LogP) is 4.33. The van der Waals surface area contributed by atoms with Crippen molar-refractivity contribution in [3.8, 4) is 11.1 Å². The van der Waals surface area contributed by atoms with Gasteiger partial charge in [0.1, 0.15) is 0 Å². The highest BCUT2D eigenvalue weighted by Crippen LogP contribution is 2.57. The predicted molar refractivity (Wildman–Crippen MR) is 120 cm³/mol. The van der Waals surface area contributed by atoms with Gasteiger partial charge in [-0.25, -0.2) is 0 Å². The van der Waals surface area contributed by atoms with E-state index in [0.29, 0.717) is 6.10 Å². The maximum atomic E-state index is 13.2. The number of anilines is 1. The van der Waals surface area contributed by atoms with E-state index in [9.17, 15) is 4.79 Å². The number of hydrogen-bond donors (Lipinski definition) is 1. The average molecular weight is 427 g/mol. The monoisotopic (exact) mass is 426 g/mol. The number of ether oxygens (including phenoxy) is 2. The van der Waals surface area contributed by atoms with Gasteiger partial charge in [0.25, 0.3) is 5.91 Å². The molecule has 0 bridgehead atoms. The third kappa shape index (κ3) is 3.45. The summed E-state index contributed by atoms with van der Waals surface area (Å²) in [6.45, 7) is 6.00. The molecule has 2 aromatic rings. The van der Waals surface area contributed by atoms with E-state index in [1.807, 2.05) is 6.07 Å². The Morgan fingerprint density at radius 2 is 2.03 bits per heavy atom. The molecule has 1 N–H and O–H groups in total. The Labute approximate surface area is 182 Å². The van der Waals surface area contributed by atoms with E-state index in [1.54, 1.807) is 11.3 Å². The van der Waals surface area contributed by atoms with Crippen molar-refractivity contribution in [3.63, 3.8) is 0 Å². The first-order valence-corrected chi connectivity index (χ1v) is 12.0. The first kappa shape index (κ1) is 20.0. The zero-order valence-corrected chi connectivity index (χ0v) is 18.4. The van der Waals surface area contributed by atoms with Gasteiger partial charge in [-0.05, 0) is 37.8 Å². The molecule has 3 aliphatic rings. The molecule has 30 heavy (non-hydrogen) atoms. The van der Waals surface area contributed by atoms with Crippen molar-refractivity contribution in [3.05, 3.63) is 41.3 Å². The number of benzene rings is 1. The Morgan fingerprint density at radius 3 is 2.70 bits per heavy atom. The van der Waals surface area contributed by atoms with Gasteiger partial charge in [-0.15, -0.1) is 11.3 Å². The number of rotatable bonds is 6.